The second-order valence-corrected chi connectivity index (χ2v) is 6.93. The third-order valence-corrected chi connectivity index (χ3v) is 4.94. The van der Waals surface area contributed by atoms with Crippen LogP contribution in [0.1, 0.15) is 19.8 Å². The van der Waals surface area contributed by atoms with E-state index in [4.69, 9.17) is 24.1 Å². The molecule has 0 radical (unpaired) electrons. The highest BCUT2D eigenvalue weighted by molar-refractivity contribution is 5.78. The fraction of sp³-hybridized carbons (Fsp3) is 0.875. The Balaban J connectivity index is 1.81. The minimum Gasteiger partial charge on any atom is -0.479 e. The largest absolute Gasteiger partial charge is 0.479 e. The number of fused-ring (bicyclic) bond motifs is 1. The van der Waals surface area contributed by atoms with Gasteiger partial charge < -0.3 is 49.6 Å². The minimum atomic E-state index is -1.87. The van der Waals surface area contributed by atoms with E-state index in [0.29, 0.717) is 12.3 Å². The van der Waals surface area contributed by atoms with Gasteiger partial charge in [0.2, 0.25) is 6.29 Å². The van der Waals surface area contributed by atoms with Gasteiger partial charge >= 0.3 is 5.97 Å². The summed E-state index contributed by atoms with van der Waals surface area (Å²) in [5.74, 6) is -1.18. The van der Waals surface area contributed by atoms with E-state index in [1.165, 1.54) is 0 Å². The summed E-state index contributed by atoms with van der Waals surface area (Å²) in [6.45, 7) is 1.36. The fourth-order valence-corrected chi connectivity index (χ4v) is 3.43. The van der Waals surface area contributed by atoms with Gasteiger partial charge in [-0.25, -0.2) is 9.79 Å². The van der Waals surface area contributed by atoms with E-state index in [-0.39, 0.29) is 0 Å². The fourth-order valence-electron chi connectivity index (χ4n) is 3.43. The maximum atomic E-state index is 11.2. The third-order valence-electron chi connectivity index (χ3n) is 4.94. The van der Waals surface area contributed by atoms with Crippen molar-refractivity contribution >= 4 is 11.9 Å². The third kappa shape index (κ3) is 3.86. The normalized spacial score (nSPS) is 45.9. The maximum Gasteiger partial charge on any atom is 0.335 e. The molecule has 3 aliphatic rings. The number of aliphatic imine (C=N–C) groups is 1. The quantitative estimate of drug-likeness (QED) is 0.262. The molecular weight excluding hydrogens is 382 g/mol. The maximum absolute atomic E-state index is 11.2. The summed E-state index contributed by atoms with van der Waals surface area (Å²) < 4.78 is 21.8. The van der Waals surface area contributed by atoms with Crippen molar-refractivity contribution in [3.63, 3.8) is 0 Å². The number of aliphatic hydroxyl groups excluding tert-OH is 5. The van der Waals surface area contributed by atoms with Crippen LogP contribution in [-0.4, -0.2) is 110 Å². The number of carbonyl (C=O) groups is 1. The van der Waals surface area contributed by atoms with Crippen LogP contribution in [0, 0.1) is 0 Å². The molecular formula is C16H25NO11. The van der Waals surface area contributed by atoms with Crippen molar-refractivity contribution < 1.29 is 54.4 Å². The molecule has 0 amide bonds. The summed E-state index contributed by atoms with van der Waals surface area (Å²) in [6.07, 6.45) is -12.4. The van der Waals surface area contributed by atoms with Crippen LogP contribution in [0.5, 0.6) is 0 Å². The van der Waals surface area contributed by atoms with Gasteiger partial charge in [0.15, 0.2) is 18.3 Å². The molecule has 160 valence electrons. The molecule has 0 aromatic heterocycles. The lowest BCUT2D eigenvalue weighted by Crippen LogP contribution is -2.64. The monoisotopic (exact) mass is 407 g/mol. The van der Waals surface area contributed by atoms with E-state index in [0.717, 1.165) is 6.42 Å². The zero-order valence-corrected chi connectivity index (χ0v) is 15.1. The SMILES string of the molecule is CCCC1=N[C@H]2[C@@H](O1)O[C@H](CO)[C@@H](O)[C@@H]2O[C@@H]1O[C@H](C(=O)O)[C@@H](O)[C@H](O)[C@H]1O. The number of ether oxygens (including phenoxy) is 4. The van der Waals surface area contributed by atoms with E-state index in [1.54, 1.807) is 0 Å². The Morgan fingerprint density at radius 2 is 1.82 bits per heavy atom. The lowest BCUT2D eigenvalue weighted by Gasteiger charge is -2.44. The van der Waals surface area contributed by atoms with Gasteiger partial charge in [-0.15, -0.1) is 0 Å². The molecule has 0 aromatic carbocycles. The van der Waals surface area contributed by atoms with Crippen LogP contribution in [0.3, 0.4) is 0 Å². The number of carboxylic acids is 1. The highest BCUT2D eigenvalue weighted by Crippen LogP contribution is 2.34. The van der Waals surface area contributed by atoms with Crippen LogP contribution < -0.4 is 0 Å². The number of rotatable bonds is 6. The van der Waals surface area contributed by atoms with Gasteiger partial charge in [-0.2, -0.15) is 0 Å². The molecule has 10 atom stereocenters. The van der Waals surface area contributed by atoms with Crippen LogP contribution >= 0.6 is 0 Å². The molecule has 2 saturated heterocycles. The minimum absolute atomic E-state index is 0.376. The average Bonchev–Trinajstić information content (AvgIpc) is 3.06. The molecule has 0 spiro atoms. The Morgan fingerprint density at radius 1 is 1.11 bits per heavy atom. The average molecular weight is 407 g/mol. The summed E-state index contributed by atoms with van der Waals surface area (Å²) in [4.78, 5) is 15.6. The van der Waals surface area contributed by atoms with Crippen LogP contribution in [0.2, 0.25) is 0 Å². The number of hydrogen-bond donors (Lipinski definition) is 6. The molecule has 0 aliphatic carbocycles. The topological polar surface area (TPSA) is 188 Å². The molecule has 3 heterocycles. The van der Waals surface area contributed by atoms with Crippen molar-refractivity contribution in [2.75, 3.05) is 6.61 Å². The molecule has 0 unspecified atom stereocenters. The molecule has 3 aliphatic heterocycles. The number of hydrogen-bond acceptors (Lipinski definition) is 11. The molecule has 2 fully saturated rings. The molecule has 0 aromatic rings. The van der Waals surface area contributed by atoms with Gasteiger partial charge in [0.25, 0.3) is 0 Å². The predicted molar refractivity (Wildman–Crippen MR) is 88.2 cm³/mol. The van der Waals surface area contributed by atoms with Crippen LogP contribution in [-0.2, 0) is 23.7 Å². The smallest absolute Gasteiger partial charge is 0.335 e. The summed E-state index contributed by atoms with van der Waals surface area (Å²) in [5, 5.41) is 58.9. The standard InChI is InChI=1S/C16H25NO11/c1-2-3-6-17-7-12(8(19)5(4-18)25-15(7)26-6)27-16-11(22)9(20)10(21)13(28-16)14(23)24/h5,7-13,15-16,18-22H,2-4H2,1H3,(H,23,24)/t5-,7-,8-,9+,10+,11-,12-,13+,15-,16-/m1/s1. The van der Waals surface area contributed by atoms with Gasteiger partial charge in [0.05, 0.1) is 6.61 Å². The van der Waals surface area contributed by atoms with E-state index in [1.807, 2.05) is 6.92 Å². The van der Waals surface area contributed by atoms with Crippen molar-refractivity contribution in [3.05, 3.63) is 0 Å². The molecule has 12 nitrogen and oxygen atoms in total. The Kier molecular flexibility index (Phi) is 6.51. The van der Waals surface area contributed by atoms with E-state index >= 15 is 0 Å². The number of aliphatic hydroxyl groups is 5. The van der Waals surface area contributed by atoms with Crippen molar-refractivity contribution in [1.82, 2.24) is 0 Å². The number of aliphatic carboxylic acids is 1. The molecule has 12 heteroatoms. The molecule has 3 rings (SSSR count). The highest BCUT2D eigenvalue weighted by Gasteiger charge is 2.54. The second kappa shape index (κ2) is 8.55. The van der Waals surface area contributed by atoms with Crippen molar-refractivity contribution in [2.24, 2.45) is 4.99 Å². The zero-order valence-electron chi connectivity index (χ0n) is 15.1. The van der Waals surface area contributed by atoms with Crippen LogP contribution in [0.15, 0.2) is 4.99 Å². The first kappa shape index (κ1) is 21.3. The lowest BCUT2D eigenvalue weighted by molar-refractivity contribution is -0.331. The number of carboxylic acid groups (broad SMARTS) is 1. The Labute approximate surface area is 159 Å². The van der Waals surface area contributed by atoms with Gasteiger partial charge in [0, 0.05) is 6.42 Å². The summed E-state index contributed by atoms with van der Waals surface area (Å²) >= 11 is 0. The van der Waals surface area contributed by atoms with Gasteiger partial charge in [-0.3, -0.25) is 0 Å². The zero-order chi connectivity index (χ0) is 20.6. The van der Waals surface area contributed by atoms with Gasteiger partial charge in [0.1, 0.15) is 42.7 Å². The Hall–Kier alpha value is -1.38. The highest BCUT2D eigenvalue weighted by atomic mass is 16.7. The first-order valence-corrected chi connectivity index (χ1v) is 9.04. The van der Waals surface area contributed by atoms with Crippen molar-refractivity contribution in [1.29, 1.82) is 0 Å². The predicted octanol–water partition coefficient (Wildman–Crippen LogP) is -3.06. The molecule has 6 N–H and O–H groups in total. The first-order valence-electron chi connectivity index (χ1n) is 9.04. The van der Waals surface area contributed by atoms with E-state index in [2.05, 4.69) is 4.99 Å². The first-order chi connectivity index (χ1) is 13.3. The Morgan fingerprint density at radius 3 is 2.43 bits per heavy atom. The van der Waals surface area contributed by atoms with E-state index in [9.17, 15) is 30.3 Å². The summed E-state index contributed by atoms with van der Waals surface area (Å²) in [5.41, 5.74) is 0. The lowest BCUT2D eigenvalue weighted by atomic mass is 9.96. The van der Waals surface area contributed by atoms with Crippen molar-refractivity contribution in [2.45, 2.75) is 81.1 Å². The summed E-state index contributed by atoms with van der Waals surface area (Å²) in [7, 11) is 0. The molecule has 0 saturated carbocycles. The van der Waals surface area contributed by atoms with E-state index < -0.39 is 73.9 Å². The van der Waals surface area contributed by atoms with Gasteiger partial charge in [-0.05, 0) is 6.42 Å². The Bertz CT molecular complexity index is 601. The van der Waals surface area contributed by atoms with Crippen molar-refractivity contribution in [3.8, 4) is 0 Å². The number of nitrogens with zero attached hydrogens (tertiary/aromatic N) is 1. The molecule has 28 heavy (non-hydrogen) atoms. The van der Waals surface area contributed by atoms with Gasteiger partial charge in [-0.1, -0.05) is 6.92 Å². The molecule has 0 bridgehead atoms. The second-order valence-electron chi connectivity index (χ2n) is 6.93. The van der Waals surface area contributed by atoms with Crippen LogP contribution in [0.4, 0.5) is 0 Å². The summed E-state index contributed by atoms with van der Waals surface area (Å²) in [6, 6.07) is -0.859. The van der Waals surface area contributed by atoms with Crippen LogP contribution in [0.25, 0.3) is 0 Å².